The van der Waals surface area contributed by atoms with Crippen molar-refractivity contribution in [1.29, 1.82) is 0 Å². The van der Waals surface area contributed by atoms with Crippen LogP contribution in [0.25, 0.3) is 0 Å². The summed E-state index contributed by atoms with van der Waals surface area (Å²) in [4.78, 5) is 0. The zero-order valence-electron chi connectivity index (χ0n) is 11.0. The van der Waals surface area contributed by atoms with Crippen molar-refractivity contribution in [2.45, 2.75) is 82.3 Å². The average molecular weight is 237 g/mol. The molecule has 0 atom stereocenters. The fraction of sp³-hybridized carbons (Fsp3) is 1.00. The van der Waals surface area contributed by atoms with Gasteiger partial charge in [0.05, 0.1) is 5.60 Å². The number of hydrogen-bond donors (Lipinski definition) is 2. The molecule has 2 heteroatoms. The molecule has 0 aromatic rings. The average Bonchev–Trinajstić information content (AvgIpc) is 2.75. The maximum atomic E-state index is 10.1. The van der Waals surface area contributed by atoms with Gasteiger partial charge in [0.2, 0.25) is 0 Å². The summed E-state index contributed by atoms with van der Waals surface area (Å²) in [5.41, 5.74) is 0.397. The Morgan fingerprint density at radius 2 is 1.53 bits per heavy atom. The van der Waals surface area contributed by atoms with Crippen molar-refractivity contribution >= 4 is 0 Å². The van der Waals surface area contributed by atoms with Crippen LogP contribution in [-0.2, 0) is 0 Å². The highest BCUT2D eigenvalue weighted by Crippen LogP contribution is 2.48. The quantitative estimate of drug-likeness (QED) is 0.791. The van der Waals surface area contributed by atoms with E-state index in [1.165, 1.54) is 57.8 Å². The normalized spacial score (nSPS) is 31.6. The predicted molar refractivity (Wildman–Crippen MR) is 70.0 cm³/mol. The van der Waals surface area contributed by atoms with Crippen LogP contribution in [0.4, 0.5) is 0 Å². The van der Waals surface area contributed by atoms with Crippen LogP contribution in [-0.4, -0.2) is 23.3 Å². The van der Waals surface area contributed by atoms with Gasteiger partial charge in [-0.05, 0) is 63.2 Å². The predicted octanol–water partition coefficient (Wildman–Crippen LogP) is 2.99. The topological polar surface area (TPSA) is 32.3 Å². The van der Waals surface area contributed by atoms with Gasteiger partial charge >= 0.3 is 0 Å². The lowest BCUT2D eigenvalue weighted by Crippen LogP contribution is -2.50. The van der Waals surface area contributed by atoms with Gasteiger partial charge in [0, 0.05) is 12.6 Å². The Hall–Kier alpha value is -0.0800. The Morgan fingerprint density at radius 3 is 2.06 bits per heavy atom. The molecular formula is C15H27NO. The first-order valence-electron chi connectivity index (χ1n) is 7.66. The van der Waals surface area contributed by atoms with Crippen LogP contribution in [0, 0.1) is 5.41 Å². The second kappa shape index (κ2) is 4.55. The van der Waals surface area contributed by atoms with Crippen molar-refractivity contribution < 1.29 is 5.11 Å². The zero-order valence-corrected chi connectivity index (χ0v) is 11.0. The highest BCUT2D eigenvalue weighted by Gasteiger charge is 2.39. The third kappa shape index (κ3) is 2.53. The molecule has 0 aromatic carbocycles. The SMILES string of the molecule is OC1(CNC2CCC3(CCCC3)CC2)CCC1. The first kappa shape index (κ1) is 12.0. The largest absolute Gasteiger partial charge is 0.389 e. The second-order valence-corrected chi connectivity index (χ2v) is 6.94. The van der Waals surface area contributed by atoms with Gasteiger partial charge in [0.1, 0.15) is 0 Å². The van der Waals surface area contributed by atoms with Crippen LogP contribution >= 0.6 is 0 Å². The van der Waals surface area contributed by atoms with Gasteiger partial charge < -0.3 is 10.4 Å². The monoisotopic (exact) mass is 237 g/mol. The molecule has 1 spiro atoms. The zero-order chi connectivity index (χ0) is 11.8. The van der Waals surface area contributed by atoms with Gasteiger partial charge in [0.15, 0.2) is 0 Å². The third-order valence-electron chi connectivity index (χ3n) is 5.71. The van der Waals surface area contributed by atoms with Crippen molar-refractivity contribution in [3.8, 4) is 0 Å². The summed E-state index contributed by atoms with van der Waals surface area (Å²) in [5.74, 6) is 0. The molecule has 3 rings (SSSR count). The van der Waals surface area contributed by atoms with Gasteiger partial charge in [-0.15, -0.1) is 0 Å². The molecule has 17 heavy (non-hydrogen) atoms. The molecule has 3 aliphatic carbocycles. The molecule has 3 fully saturated rings. The molecule has 3 aliphatic rings. The van der Waals surface area contributed by atoms with Crippen LogP contribution in [0.2, 0.25) is 0 Å². The Bertz CT molecular complexity index is 256. The van der Waals surface area contributed by atoms with E-state index in [1.54, 1.807) is 0 Å². The molecule has 0 amide bonds. The van der Waals surface area contributed by atoms with E-state index in [0.29, 0.717) is 6.04 Å². The van der Waals surface area contributed by atoms with Crippen LogP contribution in [0.3, 0.4) is 0 Å². The first-order valence-corrected chi connectivity index (χ1v) is 7.66. The maximum Gasteiger partial charge on any atom is 0.0771 e. The molecule has 2 nitrogen and oxygen atoms in total. The summed E-state index contributed by atoms with van der Waals surface area (Å²) in [6, 6.07) is 0.686. The number of nitrogens with one attached hydrogen (secondary N) is 1. The van der Waals surface area contributed by atoms with Crippen molar-refractivity contribution in [2.24, 2.45) is 5.41 Å². The standard InChI is InChI=1S/C15H27NO/c17-15(8-3-9-15)12-16-13-4-10-14(11-5-13)6-1-2-7-14/h13,16-17H,1-12H2. The fourth-order valence-corrected chi connectivity index (χ4v) is 4.16. The highest BCUT2D eigenvalue weighted by molar-refractivity contribution is 4.94. The Labute approximate surface area is 105 Å². The van der Waals surface area contributed by atoms with Crippen molar-refractivity contribution in [1.82, 2.24) is 5.32 Å². The smallest absolute Gasteiger partial charge is 0.0771 e. The molecule has 0 saturated heterocycles. The molecule has 3 saturated carbocycles. The molecule has 0 radical (unpaired) electrons. The Balaban J connectivity index is 1.42. The van der Waals surface area contributed by atoms with Gasteiger partial charge in [0.25, 0.3) is 0 Å². The van der Waals surface area contributed by atoms with Crippen LogP contribution in [0.15, 0.2) is 0 Å². The number of rotatable bonds is 3. The van der Waals surface area contributed by atoms with Gasteiger partial charge in [-0.25, -0.2) is 0 Å². The minimum Gasteiger partial charge on any atom is -0.389 e. The summed E-state index contributed by atoms with van der Waals surface area (Å²) in [6.45, 7) is 0.838. The lowest BCUT2D eigenvalue weighted by molar-refractivity contribution is -0.0349. The van der Waals surface area contributed by atoms with Gasteiger partial charge in [-0.3, -0.25) is 0 Å². The molecule has 0 heterocycles. The Morgan fingerprint density at radius 1 is 0.882 bits per heavy atom. The minimum absolute atomic E-state index is 0.345. The van der Waals surface area contributed by atoms with E-state index in [0.717, 1.165) is 24.8 Å². The second-order valence-electron chi connectivity index (χ2n) is 6.94. The van der Waals surface area contributed by atoms with Gasteiger partial charge in [-0.1, -0.05) is 12.8 Å². The number of aliphatic hydroxyl groups is 1. The minimum atomic E-state index is -0.345. The van der Waals surface area contributed by atoms with E-state index in [9.17, 15) is 5.11 Å². The highest BCUT2D eigenvalue weighted by atomic mass is 16.3. The van der Waals surface area contributed by atoms with Crippen LogP contribution in [0.5, 0.6) is 0 Å². The third-order valence-corrected chi connectivity index (χ3v) is 5.71. The van der Waals surface area contributed by atoms with Crippen molar-refractivity contribution in [2.75, 3.05) is 6.54 Å². The molecule has 0 aromatic heterocycles. The lowest BCUT2D eigenvalue weighted by atomic mass is 9.71. The van der Waals surface area contributed by atoms with Crippen LogP contribution < -0.4 is 5.32 Å². The molecule has 2 N–H and O–H groups in total. The van der Waals surface area contributed by atoms with E-state index in [2.05, 4.69) is 5.32 Å². The van der Waals surface area contributed by atoms with E-state index in [4.69, 9.17) is 0 Å². The van der Waals surface area contributed by atoms with Crippen LogP contribution in [0.1, 0.15) is 70.6 Å². The number of hydrogen-bond acceptors (Lipinski definition) is 2. The lowest BCUT2D eigenvalue weighted by Gasteiger charge is -2.41. The summed E-state index contributed by atoms with van der Waals surface area (Å²) in [6.07, 6.45) is 14.7. The van der Waals surface area contributed by atoms with Crippen molar-refractivity contribution in [3.05, 3.63) is 0 Å². The molecule has 0 bridgehead atoms. The molecule has 0 unspecified atom stereocenters. The van der Waals surface area contributed by atoms with Crippen molar-refractivity contribution in [3.63, 3.8) is 0 Å². The van der Waals surface area contributed by atoms with Gasteiger partial charge in [-0.2, -0.15) is 0 Å². The Kier molecular flexibility index (Phi) is 3.20. The first-order chi connectivity index (χ1) is 8.20. The van der Waals surface area contributed by atoms with E-state index in [-0.39, 0.29) is 5.60 Å². The molecular weight excluding hydrogens is 210 g/mol. The fourth-order valence-electron chi connectivity index (χ4n) is 4.16. The summed E-state index contributed by atoms with van der Waals surface area (Å²) >= 11 is 0. The summed E-state index contributed by atoms with van der Waals surface area (Å²) in [7, 11) is 0. The van der Waals surface area contributed by atoms with E-state index < -0.39 is 0 Å². The molecule has 98 valence electrons. The summed E-state index contributed by atoms with van der Waals surface area (Å²) < 4.78 is 0. The molecule has 0 aliphatic heterocycles. The van der Waals surface area contributed by atoms with E-state index in [1.807, 2.05) is 0 Å². The maximum absolute atomic E-state index is 10.1. The van der Waals surface area contributed by atoms with E-state index >= 15 is 0 Å². The summed E-state index contributed by atoms with van der Waals surface area (Å²) in [5, 5.41) is 13.7.